The van der Waals surface area contributed by atoms with Crippen molar-refractivity contribution in [3.05, 3.63) is 95.0 Å². The van der Waals surface area contributed by atoms with Crippen LogP contribution in [0, 0.1) is 0 Å². The maximum atomic E-state index is 10.6. The van der Waals surface area contributed by atoms with E-state index in [1.54, 1.807) is 0 Å². The van der Waals surface area contributed by atoms with E-state index in [2.05, 4.69) is 0 Å². The second-order valence-corrected chi connectivity index (χ2v) is 7.39. The van der Waals surface area contributed by atoms with Crippen LogP contribution in [0.4, 0.5) is 0 Å². The van der Waals surface area contributed by atoms with Gasteiger partial charge in [0.1, 0.15) is 11.5 Å². The van der Waals surface area contributed by atoms with Crippen molar-refractivity contribution in [3.8, 4) is 11.5 Å². The standard InChI is InChI=1S/C23H23ClO3/c1-23(2,18-9-7-10-19(24)15-18)22(25)26-16-17-8-6-13-21(14-17)27-20-11-4-3-5-12-20/h3-15,22,25H,16H2,1-2H3. The van der Waals surface area contributed by atoms with Crippen LogP contribution in [0.15, 0.2) is 78.9 Å². The molecular formula is C23H23ClO3. The number of para-hydroxylation sites is 1. The minimum absolute atomic E-state index is 0.275. The van der Waals surface area contributed by atoms with Gasteiger partial charge >= 0.3 is 0 Å². The largest absolute Gasteiger partial charge is 0.457 e. The van der Waals surface area contributed by atoms with Crippen LogP contribution in [0.1, 0.15) is 25.0 Å². The van der Waals surface area contributed by atoms with E-state index >= 15 is 0 Å². The molecular weight excluding hydrogens is 360 g/mol. The molecule has 0 radical (unpaired) electrons. The van der Waals surface area contributed by atoms with E-state index in [4.69, 9.17) is 21.1 Å². The monoisotopic (exact) mass is 382 g/mol. The minimum atomic E-state index is -0.977. The maximum Gasteiger partial charge on any atom is 0.164 e. The molecule has 0 saturated heterocycles. The molecule has 140 valence electrons. The lowest BCUT2D eigenvalue weighted by Gasteiger charge is -2.31. The van der Waals surface area contributed by atoms with E-state index < -0.39 is 11.7 Å². The third-order valence-corrected chi connectivity index (χ3v) is 4.71. The van der Waals surface area contributed by atoms with Crippen molar-refractivity contribution in [1.29, 1.82) is 0 Å². The minimum Gasteiger partial charge on any atom is -0.457 e. The summed E-state index contributed by atoms with van der Waals surface area (Å²) in [6.07, 6.45) is -0.977. The highest BCUT2D eigenvalue weighted by atomic mass is 35.5. The van der Waals surface area contributed by atoms with Crippen molar-refractivity contribution in [2.24, 2.45) is 0 Å². The van der Waals surface area contributed by atoms with E-state index in [-0.39, 0.29) is 6.61 Å². The highest BCUT2D eigenvalue weighted by Crippen LogP contribution is 2.30. The molecule has 0 heterocycles. The van der Waals surface area contributed by atoms with Crippen molar-refractivity contribution in [2.75, 3.05) is 0 Å². The van der Waals surface area contributed by atoms with Crippen LogP contribution < -0.4 is 4.74 Å². The molecule has 0 aliphatic heterocycles. The Labute approximate surface area is 165 Å². The summed E-state index contributed by atoms with van der Waals surface area (Å²) in [5.74, 6) is 1.50. The summed E-state index contributed by atoms with van der Waals surface area (Å²) in [6.45, 7) is 4.13. The van der Waals surface area contributed by atoms with E-state index in [0.29, 0.717) is 5.02 Å². The van der Waals surface area contributed by atoms with E-state index in [9.17, 15) is 5.11 Å². The number of rotatable bonds is 7. The lowest BCUT2D eigenvalue weighted by molar-refractivity contribution is -0.146. The topological polar surface area (TPSA) is 38.7 Å². The van der Waals surface area contributed by atoms with Gasteiger partial charge in [0, 0.05) is 10.4 Å². The Bertz CT molecular complexity index is 878. The first-order chi connectivity index (χ1) is 12.9. The van der Waals surface area contributed by atoms with E-state index in [0.717, 1.165) is 22.6 Å². The number of aliphatic hydroxyl groups is 1. The Morgan fingerprint density at radius 1 is 0.889 bits per heavy atom. The molecule has 1 unspecified atom stereocenters. The molecule has 4 heteroatoms. The Morgan fingerprint density at radius 2 is 1.59 bits per heavy atom. The van der Waals surface area contributed by atoms with Gasteiger partial charge < -0.3 is 14.6 Å². The first-order valence-corrected chi connectivity index (χ1v) is 9.20. The zero-order valence-corrected chi connectivity index (χ0v) is 16.2. The average Bonchev–Trinajstić information content (AvgIpc) is 2.67. The second-order valence-electron chi connectivity index (χ2n) is 6.96. The number of hydrogen-bond donors (Lipinski definition) is 1. The molecule has 0 spiro atoms. The smallest absolute Gasteiger partial charge is 0.164 e. The number of aliphatic hydroxyl groups excluding tert-OH is 1. The summed E-state index contributed by atoms with van der Waals surface area (Å²) in [5, 5.41) is 11.2. The zero-order chi connectivity index (χ0) is 19.3. The van der Waals surface area contributed by atoms with E-state index in [1.807, 2.05) is 92.7 Å². The Balaban J connectivity index is 1.65. The van der Waals surface area contributed by atoms with Gasteiger partial charge in [0.2, 0.25) is 0 Å². The van der Waals surface area contributed by atoms with Crippen LogP contribution in [0.2, 0.25) is 5.02 Å². The van der Waals surface area contributed by atoms with Crippen LogP contribution in [-0.4, -0.2) is 11.4 Å². The highest BCUT2D eigenvalue weighted by Gasteiger charge is 2.31. The Hall–Kier alpha value is -2.33. The van der Waals surface area contributed by atoms with Crippen LogP contribution >= 0.6 is 11.6 Å². The summed E-state index contributed by atoms with van der Waals surface area (Å²) in [6, 6.07) is 24.7. The highest BCUT2D eigenvalue weighted by molar-refractivity contribution is 6.30. The summed E-state index contributed by atoms with van der Waals surface area (Å²) in [4.78, 5) is 0. The predicted molar refractivity (Wildman–Crippen MR) is 108 cm³/mol. The molecule has 3 nitrogen and oxygen atoms in total. The van der Waals surface area contributed by atoms with Crippen molar-refractivity contribution >= 4 is 11.6 Å². The summed E-state index contributed by atoms with van der Waals surface area (Å²) < 4.78 is 11.6. The van der Waals surface area contributed by atoms with Gasteiger partial charge in [0.15, 0.2) is 6.29 Å². The SMILES string of the molecule is CC(C)(c1cccc(Cl)c1)C(O)OCc1cccc(Oc2ccccc2)c1. The fourth-order valence-electron chi connectivity index (χ4n) is 2.74. The van der Waals surface area contributed by atoms with Crippen LogP contribution in [0.3, 0.4) is 0 Å². The lowest BCUT2D eigenvalue weighted by atomic mass is 9.84. The molecule has 3 aromatic rings. The molecule has 0 fully saturated rings. The van der Waals surface area contributed by atoms with Crippen molar-refractivity contribution in [3.63, 3.8) is 0 Å². The van der Waals surface area contributed by atoms with Crippen LogP contribution in [0.25, 0.3) is 0 Å². The lowest BCUT2D eigenvalue weighted by Crippen LogP contribution is -2.35. The summed E-state index contributed by atoms with van der Waals surface area (Å²) in [7, 11) is 0. The van der Waals surface area contributed by atoms with Gasteiger partial charge in [-0.05, 0) is 47.5 Å². The van der Waals surface area contributed by atoms with Gasteiger partial charge in [0.25, 0.3) is 0 Å². The quantitative estimate of drug-likeness (QED) is 0.513. The van der Waals surface area contributed by atoms with Crippen molar-refractivity contribution < 1.29 is 14.6 Å². The van der Waals surface area contributed by atoms with E-state index in [1.165, 1.54) is 0 Å². The maximum absolute atomic E-state index is 10.6. The van der Waals surface area contributed by atoms with Crippen molar-refractivity contribution in [2.45, 2.75) is 32.2 Å². The average molecular weight is 383 g/mol. The first kappa shape index (κ1) is 19.4. The van der Waals surface area contributed by atoms with Gasteiger partial charge in [-0.15, -0.1) is 0 Å². The fraction of sp³-hybridized carbons (Fsp3) is 0.217. The molecule has 0 aromatic heterocycles. The number of ether oxygens (including phenoxy) is 2. The van der Waals surface area contributed by atoms with Crippen LogP contribution in [0.5, 0.6) is 11.5 Å². The number of benzene rings is 3. The predicted octanol–water partition coefficient (Wildman–Crippen LogP) is 5.95. The van der Waals surface area contributed by atoms with Crippen LogP contribution in [-0.2, 0) is 16.8 Å². The molecule has 0 aliphatic rings. The Morgan fingerprint density at radius 3 is 2.33 bits per heavy atom. The summed E-state index contributed by atoms with van der Waals surface area (Å²) >= 11 is 6.08. The molecule has 1 atom stereocenters. The van der Waals surface area contributed by atoms with Gasteiger partial charge in [0.05, 0.1) is 6.61 Å². The normalized spacial score (nSPS) is 12.6. The molecule has 1 N–H and O–H groups in total. The van der Waals surface area contributed by atoms with Gasteiger partial charge in [-0.3, -0.25) is 0 Å². The second kappa shape index (κ2) is 8.57. The molecule has 0 amide bonds. The molecule has 0 bridgehead atoms. The Kier molecular flexibility index (Phi) is 6.17. The third kappa shape index (κ3) is 5.10. The number of halogens is 1. The number of hydrogen-bond acceptors (Lipinski definition) is 3. The fourth-order valence-corrected chi connectivity index (χ4v) is 2.93. The molecule has 27 heavy (non-hydrogen) atoms. The third-order valence-electron chi connectivity index (χ3n) is 4.47. The van der Waals surface area contributed by atoms with Gasteiger partial charge in [-0.2, -0.15) is 0 Å². The zero-order valence-electron chi connectivity index (χ0n) is 15.4. The molecule has 3 rings (SSSR count). The molecule has 0 aliphatic carbocycles. The summed E-state index contributed by atoms with van der Waals surface area (Å²) in [5.41, 5.74) is 1.25. The van der Waals surface area contributed by atoms with Crippen molar-refractivity contribution in [1.82, 2.24) is 0 Å². The first-order valence-electron chi connectivity index (χ1n) is 8.83. The molecule has 3 aromatic carbocycles. The van der Waals surface area contributed by atoms with Gasteiger partial charge in [-0.1, -0.05) is 67.9 Å². The van der Waals surface area contributed by atoms with Gasteiger partial charge in [-0.25, -0.2) is 0 Å². The molecule has 0 saturated carbocycles.